The van der Waals surface area contributed by atoms with Crippen molar-refractivity contribution in [3.63, 3.8) is 0 Å². The third kappa shape index (κ3) is 9.88. The molecule has 0 bridgehead atoms. The third-order valence-corrected chi connectivity index (χ3v) is 4.03. The first kappa shape index (κ1) is 26.3. The number of pyridine rings is 1. The molecule has 2 aromatic rings. The Balaban J connectivity index is 0.000000554. The number of hydrogen-bond acceptors (Lipinski definition) is 11. The van der Waals surface area contributed by atoms with Crippen molar-refractivity contribution in [3.8, 4) is 11.5 Å². The minimum absolute atomic E-state index is 0.103. The number of aromatic nitrogens is 1. The van der Waals surface area contributed by atoms with Crippen LogP contribution >= 0.6 is 0 Å². The molecule has 0 unspecified atom stereocenters. The summed E-state index contributed by atoms with van der Waals surface area (Å²) < 4.78 is 10.8. The lowest BCUT2D eigenvalue weighted by atomic mass is 10.1. The van der Waals surface area contributed by atoms with E-state index in [1.165, 1.54) is 0 Å². The summed E-state index contributed by atoms with van der Waals surface area (Å²) in [6.45, 7) is 3.19. The van der Waals surface area contributed by atoms with Gasteiger partial charge >= 0.3 is 0 Å². The first-order valence-corrected chi connectivity index (χ1v) is 9.31. The average molecular weight is 459 g/mol. The van der Waals surface area contributed by atoms with Gasteiger partial charge in [0.05, 0.1) is 13.2 Å². The zero-order chi connectivity index (χ0) is 23.9. The van der Waals surface area contributed by atoms with Crippen LogP contribution < -0.4 is 14.8 Å². The molecule has 0 aliphatic carbocycles. The number of fused-ring (bicyclic) bond motifs is 2. The fourth-order valence-electron chi connectivity index (χ4n) is 2.83. The number of nitrogens with one attached hydrogen (secondary N) is 1. The molecule has 1 aliphatic heterocycles. The van der Waals surface area contributed by atoms with Gasteiger partial charge in [0.25, 0.3) is 10.2 Å². The molecule has 5 N–H and O–H groups in total. The predicted molar refractivity (Wildman–Crippen MR) is 109 cm³/mol. The van der Waals surface area contributed by atoms with E-state index in [2.05, 4.69) is 10.3 Å². The second kappa shape index (κ2) is 14.3. The van der Waals surface area contributed by atoms with E-state index in [4.69, 9.17) is 50.3 Å². The van der Waals surface area contributed by atoms with Gasteiger partial charge in [-0.25, -0.2) is 4.98 Å². The van der Waals surface area contributed by atoms with Crippen LogP contribution in [0, 0.1) is 20.2 Å². The van der Waals surface area contributed by atoms with E-state index in [0.717, 1.165) is 47.6 Å². The van der Waals surface area contributed by atoms with Gasteiger partial charge in [0.15, 0.2) is 11.5 Å². The topological polar surface area (TPSA) is 214 Å². The van der Waals surface area contributed by atoms with Gasteiger partial charge in [0.1, 0.15) is 5.82 Å². The maximum atomic E-state index is 9.02. The summed E-state index contributed by atoms with van der Waals surface area (Å²) in [6, 6.07) is 5.87. The summed E-state index contributed by atoms with van der Waals surface area (Å²) in [6.07, 6.45) is 2.67. The molecule has 0 spiro atoms. The van der Waals surface area contributed by atoms with Crippen molar-refractivity contribution < 1.29 is 40.3 Å². The second-order valence-electron chi connectivity index (χ2n) is 6.13. The molecule has 15 nitrogen and oxygen atoms in total. The number of anilines is 1. The van der Waals surface area contributed by atoms with Crippen molar-refractivity contribution in [1.82, 2.24) is 9.88 Å². The molecule has 178 valence electrons. The molecule has 0 radical (unpaired) electrons. The van der Waals surface area contributed by atoms with Crippen LogP contribution in [0.25, 0.3) is 10.8 Å². The molecular formula is C17H25N5O10. The highest BCUT2D eigenvalue weighted by Gasteiger charge is 2.15. The number of aliphatic hydroxyl groups excluding tert-OH is 2. The van der Waals surface area contributed by atoms with Crippen LogP contribution in [0.15, 0.2) is 24.4 Å². The van der Waals surface area contributed by atoms with Gasteiger partial charge in [-0.1, -0.05) is 0 Å². The molecule has 0 atom stereocenters. The van der Waals surface area contributed by atoms with E-state index in [1.54, 1.807) is 6.20 Å². The maximum absolute atomic E-state index is 9.02. The molecule has 0 amide bonds. The summed E-state index contributed by atoms with van der Waals surface area (Å²) in [5, 5.41) is 50.7. The maximum Gasteiger partial charge on any atom is 0.291 e. The van der Waals surface area contributed by atoms with Crippen LogP contribution in [0.2, 0.25) is 0 Å². The van der Waals surface area contributed by atoms with Crippen LogP contribution in [-0.4, -0.2) is 86.9 Å². The lowest BCUT2D eigenvalue weighted by molar-refractivity contribution is -0.742. The van der Waals surface area contributed by atoms with E-state index in [1.807, 2.05) is 23.1 Å². The van der Waals surface area contributed by atoms with Gasteiger partial charge in [-0.05, 0) is 36.6 Å². The van der Waals surface area contributed by atoms with Crippen molar-refractivity contribution in [2.45, 2.75) is 6.42 Å². The van der Waals surface area contributed by atoms with Crippen LogP contribution in [0.4, 0.5) is 5.82 Å². The molecule has 32 heavy (non-hydrogen) atoms. The summed E-state index contributed by atoms with van der Waals surface area (Å²) >= 11 is 0. The van der Waals surface area contributed by atoms with Crippen molar-refractivity contribution in [2.75, 3.05) is 51.5 Å². The summed E-state index contributed by atoms with van der Waals surface area (Å²) in [4.78, 5) is 23.2. The normalized spacial score (nSPS) is 11.2. The molecule has 0 saturated heterocycles. The van der Waals surface area contributed by atoms with Gasteiger partial charge in [0, 0.05) is 31.2 Å². The molecule has 1 aromatic heterocycles. The van der Waals surface area contributed by atoms with Crippen LogP contribution in [0.3, 0.4) is 0 Å². The number of aliphatic hydroxyl groups is 2. The Kier molecular flexibility index (Phi) is 11.8. The molecule has 0 fully saturated rings. The van der Waals surface area contributed by atoms with Crippen molar-refractivity contribution in [1.29, 1.82) is 0 Å². The van der Waals surface area contributed by atoms with Crippen LogP contribution in [-0.2, 0) is 0 Å². The standard InChI is InChI=1S/C17H23N3O4.2HNO3/c21-8-6-20(7-9-22)5-1-3-18-17-14-11-16-15(23-12-24-16)10-13(14)2-4-19-17;2*2-1(3)4/h2,4,10-11,21-22H,1,3,5-9,12H2,(H,18,19);2*(H,2,3,4). The van der Waals surface area contributed by atoms with Gasteiger partial charge in [-0.15, -0.1) is 20.2 Å². The van der Waals surface area contributed by atoms with E-state index in [-0.39, 0.29) is 20.0 Å². The molecule has 0 saturated carbocycles. The first-order valence-electron chi connectivity index (χ1n) is 9.31. The minimum Gasteiger partial charge on any atom is -0.454 e. The lowest BCUT2D eigenvalue weighted by Crippen LogP contribution is -2.31. The SMILES string of the molecule is O=[N+]([O-])O.O=[N+]([O-])O.OCCN(CCO)CCCNc1nccc2cc3c(cc12)OCO3. The van der Waals surface area contributed by atoms with Gasteiger partial charge in [0.2, 0.25) is 6.79 Å². The Morgan fingerprint density at radius 3 is 2.16 bits per heavy atom. The molecule has 1 aliphatic rings. The lowest BCUT2D eigenvalue weighted by Gasteiger charge is -2.20. The van der Waals surface area contributed by atoms with Gasteiger partial charge in [-0.2, -0.15) is 0 Å². The van der Waals surface area contributed by atoms with Crippen molar-refractivity contribution >= 4 is 16.6 Å². The van der Waals surface area contributed by atoms with E-state index < -0.39 is 10.2 Å². The molecule has 1 aromatic carbocycles. The molecule has 3 rings (SSSR count). The van der Waals surface area contributed by atoms with Gasteiger partial charge in [-0.3, -0.25) is 4.90 Å². The number of benzene rings is 1. The predicted octanol–water partition coefficient (Wildman–Crippen LogP) is 0.357. The number of ether oxygens (including phenoxy) is 2. The van der Waals surface area contributed by atoms with E-state index in [0.29, 0.717) is 13.1 Å². The third-order valence-electron chi connectivity index (χ3n) is 4.03. The Labute approximate surface area is 181 Å². The van der Waals surface area contributed by atoms with E-state index in [9.17, 15) is 0 Å². The minimum atomic E-state index is -1.50. The first-order chi connectivity index (χ1) is 15.3. The van der Waals surface area contributed by atoms with Gasteiger partial charge < -0.3 is 35.4 Å². The number of hydrogen-bond donors (Lipinski definition) is 5. The zero-order valence-electron chi connectivity index (χ0n) is 17.0. The fourth-order valence-corrected chi connectivity index (χ4v) is 2.83. The Bertz CT molecular complexity index is 843. The van der Waals surface area contributed by atoms with Crippen molar-refractivity contribution in [3.05, 3.63) is 44.6 Å². The Morgan fingerprint density at radius 2 is 1.59 bits per heavy atom. The Hall–Kier alpha value is -3.69. The Morgan fingerprint density at radius 1 is 1.03 bits per heavy atom. The number of rotatable bonds is 9. The zero-order valence-corrected chi connectivity index (χ0v) is 17.0. The van der Waals surface area contributed by atoms with Crippen LogP contribution in [0.5, 0.6) is 11.5 Å². The highest BCUT2D eigenvalue weighted by Crippen LogP contribution is 2.37. The molecule has 15 heteroatoms. The number of nitrogens with zero attached hydrogens (tertiary/aromatic N) is 4. The summed E-state index contributed by atoms with van der Waals surface area (Å²) in [5.41, 5.74) is 0. The molecule has 2 heterocycles. The highest BCUT2D eigenvalue weighted by atomic mass is 16.9. The second-order valence-corrected chi connectivity index (χ2v) is 6.13. The summed E-state index contributed by atoms with van der Waals surface area (Å²) in [7, 11) is 0. The monoisotopic (exact) mass is 459 g/mol. The largest absolute Gasteiger partial charge is 0.454 e. The summed E-state index contributed by atoms with van der Waals surface area (Å²) in [5.74, 6) is 2.33. The van der Waals surface area contributed by atoms with E-state index >= 15 is 0 Å². The van der Waals surface area contributed by atoms with Crippen LogP contribution in [0.1, 0.15) is 6.42 Å². The van der Waals surface area contributed by atoms with Crippen molar-refractivity contribution in [2.24, 2.45) is 0 Å². The smallest absolute Gasteiger partial charge is 0.291 e. The average Bonchev–Trinajstić information content (AvgIpc) is 3.16. The molecular weight excluding hydrogens is 434 g/mol. The fraction of sp³-hybridized carbons (Fsp3) is 0.471. The quantitative estimate of drug-likeness (QED) is 0.195. The highest BCUT2D eigenvalue weighted by molar-refractivity contribution is 5.94.